The van der Waals surface area contributed by atoms with Crippen molar-refractivity contribution in [2.45, 2.75) is 45.7 Å². The van der Waals surface area contributed by atoms with Gasteiger partial charge in [-0.05, 0) is 80.4 Å². The smallest absolute Gasteiger partial charge is 0.305 e. The summed E-state index contributed by atoms with van der Waals surface area (Å²) >= 11 is 6.13. The molecule has 1 unspecified atom stereocenters. The summed E-state index contributed by atoms with van der Waals surface area (Å²) in [6.07, 6.45) is 0.831. The molecule has 0 saturated heterocycles. The van der Waals surface area contributed by atoms with Gasteiger partial charge in [0.15, 0.2) is 5.78 Å². The highest BCUT2D eigenvalue weighted by atomic mass is 35.5. The first-order valence-corrected chi connectivity index (χ1v) is 13.5. The Morgan fingerprint density at radius 2 is 1.67 bits per heavy atom. The average Bonchev–Trinajstić information content (AvgIpc) is 2.92. The molecule has 0 bridgehead atoms. The quantitative estimate of drug-likeness (QED) is 0.177. The lowest BCUT2D eigenvalue weighted by atomic mass is 9.77. The van der Waals surface area contributed by atoms with Crippen LogP contribution in [0.3, 0.4) is 0 Å². The van der Waals surface area contributed by atoms with E-state index in [4.69, 9.17) is 21.1 Å². The molecule has 0 fully saturated rings. The molecular formula is C31H33ClN2O5. The zero-order chi connectivity index (χ0) is 27.9. The predicted octanol–water partition coefficient (Wildman–Crippen LogP) is 6.47. The standard InChI is InChI=1S/C31H33ClN2O5/c1-4-38-28(36)10-7-19-39-25-17-11-22(12-18-25)31(37)29-20(2)33-27-9-6-5-8-26(27)30(29)34(21(3)35)24-15-13-23(32)14-16-24/h5-6,8-9,11-18,20,29-30,33H,4,7,10,19H2,1-3H3/t20-,29?,30-/m0/s1. The molecule has 4 rings (SSSR count). The monoisotopic (exact) mass is 548 g/mol. The SMILES string of the molecule is CCOC(=O)CCCOc1ccc(C(=O)C2[C@H](C)Nc3ccccc3[C@@H]2N(C(C)=O)c2ccc(Cl)cc2)cc1. The molecule has 3 aromatic rings. The second-order valence-corrected chi connectivity index (χ2v) is 9.94. The highest BCUT2D eigenvalue weighted by Crippen LogP contribution is 2.44. The molecule has 1 aliphatic rings. The Labute approximate surface area is 234 Å². The van der Waals surface area contributed by atoms with E-state index in [0.717, 1.165) is 11.3 Å². The van der Waals surface area contributed by atoms with Crippen LogP contribution in [0.25, 0.3) is 0 Å². The largest absolute Gasteiger partial charge is 0.494 e. The van der Waals surface area contributed by atoms with Gasteiger partial charge in [-0.1, -0.05) is 29.8 Å². The number of Topliss-reactive ketones (excluding diaryl/α,β-unsaturated/α-hetero) is 1. The number of fused-ring (bicyclic) bond motifs is 1. The van der Waals surface area contributed by atoms with Gasteiger partial charge in [-0.25, -0.2) is 0 Å². The molecule has 8 heteroatoms. The molecule has 3 atom stereocenters. The van der Waals surface area contributed by atoms with Crippen molar-refractivity contribution in [2.24, 2.45) is 5.92 Å². The molecule has 0 spiro atoms. The van der Waals surface area contributed by atoms with E-state index in [0.29, 0.717) is 48.1 Å². The molecule has 7 nitrogen and oxygen atoms in total. The van der Waals surface area contributed by atoms with Crippen LogP contribution in [-0.2, 0) is 14.3 Å². The Balaban J connectivity index is 1.60. The highest BCUT2D eigenvalue weighted by molar-refractivity contribution is 6.30. The summed E-state index contributed by atoms with van der Waals surface area (Å²) in [4.78, 5) is 40.4. The van der Waals surface area contributed by atoms with Crippen molar-refractivity contribution in [1.82, 2.24) is 0 Å². The third-order valence-corrected chi connectivity index (χ3v) is 7.06. The van der Waals surface area contributed by atoms with Crippen LogP contribution in [0.2, 0.25) is 5.02 Å². The Morgan fingerprint density at radius 3 is 2.33 bits per heavy atom. The Hall–Kier alpha value is -3.84. The number of amides is 1. The van der Waals surface area contributed by atoms with Crippen molar-refractivity contribution < 1.29 is 23.9 Å². The van der Waals surface area contributed by atoms with Gasteiger partial charge in [0.2, 0.25) is 5.91 Å². The number of nitrogens with zero attached hydrogens (tertiary/aromatic N) is 1. The number of benzene rings is 3. The molecule has 1 amide bonds. The van der Waals surface area contributed by atoms with E-state index in [-0.39, 0.29) is 23.7 Å². The Bertz CT molecular complexity index is 1310. The summed E-state index contributed by atoms with van der Waals surface area (Å²) in [6, 6.07) is 21.1. The zero-order valence-electron chi connectivity index (χ0n) is 22.4. The van der Waals surface area contributed by atoms with E-state index < -0.39 is 12.0 Å². The highest BCUT2D eigenvalue weighted by Gasteiger charge is 2.44. The molecule has 0 aromatic heterocycles. The average molecular weight is 549 g/mol. The fraction of sp³-hybridized carbons (Fsp3) is 0.323. The molecule has 1 N–H and O–H groups in total. The fourth-order valence-corrected chi connectivity index (χ4v) is 5.17. The van der Waals surface area contributed by atoms with E-state index in [9.17, 15) is 14.4 Å². The molecule has 0 saturated carbocycles. The van der Waals surface area contributed by atoms with E-state index in [1.807, 2.05) is 31.2 Å². The maximum atomic E-state index is 14.1. The van der Waals surface area contributed by atoms with E-state index in [1.165, 1.54) is 6.92 Å². The van der Waals surface area contributed by atoms with Crippen LogP contribution in [0.1, 0.15) is 55.6 Å². The van der Waals surface area contributed by atoms with Crippen LogP contribution in [0.5, 0.6) is 5.75 Å². The van der Waals surface area contributed by atoms with Gasteiger partial charge >= 0.3 is 5.97 Å². The Kier molecular flexibility index (Phi) is 9.25. The van der Waals surface area contributed by atoms with E-state index in [1.54, 1.807) is 60.4 Å². The third-order valence-electron chi connectivity index (χ3n) is 6.80. The van der Waals surface area contributed by atoms with Crippen molar-refractivity contribution in [3.8, 4) is 5.75 Å². The molecule has 1 aliphatic heterocycles. The van der Waals surface area contributed by atoms with E-state index in [2.05, 4.69) is 5.32 Å². The maximum Gasteiger partial charge on any atom is 0.305 e. The Morgan fingerprint density at radius 1 is 0.974 bits per heavy atom. The predicted molar refractivity (Wildman–Crippen MR) is 153 cm³/mol. The number of rotatable bonds is 10. The zero-order valence-corrected chi connectivity index (χ0v) is 23.1. The first-order valence-electron chi connectivity index (χ1n) is 13.1. The molecule has 0 aliphatic carbocycles. The van der Waals surface area contributed by atoms with Gasteiger partial charge in [-0.3, -0.25) is 14.4 Å². The van der Waals surface area contributed by atoms with Gasteiger partial charge in [0, 0.05) is 41.3 Å². The normalized spacial score (nSPS) is 17.9. The number of ketones is 1. The minimum absolute atomic E-state index is 0.0800. The van der Waals surface area contributed by atoms with Crippen LogP contribution in [0, 0.1) is 5.92 Å². The van der Waals surface area contributed by atoms with Crippen LogP contribution in [0.15, 0.2) is 72.8 Å². The number of anilines is 2. The van der Waals surface area contributed by atoms with Crippen LogP contribution < -0.4 is 15.0 Å². The second-order valence-electron chi connectivity index (χ2n) is 9.50. The molecule has 39 heavy (non-hydrogen) atoms. The van der Waals surface area contributed by atoms with E-state index >= 15 is 0 Å². The summed E-state index contributed by atoms with van der Waals surface area (Å²) in [5.41, 5.74) is 2.97. The van der Waals surface area contributed by atoms with Crippen molar-refractivity contribution in [2.75, 3.05) is 23.4 Å². The maximum absolute atomic E-state index is 14.1. The molecular weight excluding hydrogens is 516 g/mol. The minimum Gasteiger partial charge on any atom is -0.494 e. The van der Waals surface area contributed by atoms with Gasteiger partial charge in [0.1, 0.15) is 5.75 Å². The molecule has 3 aromatic carbocycles. The van der Waals surface area contributed by atoms with Crippen LogP contribution in [0.4, 0.5) is 11.4 Å². The summed E-state index contributed by atoms with van der Waals surface area (Å²) in [5.74, 6) is -0.444. The summed E-state index contributed by atoms with van der Waals surface area (Å²) in [7, 11) is 0. The number of esters is 1. The lowest BCUT2D eigenvalue weighted by Gasteiger charge is -2.43. The number of halogens is 1. The number of hydrogen-bond acceptors (Lipinski definition) is 6. The molecule has 1 heterocycles. The number of carbonyl (C=O) groups excluding carboxylic acids is 3. The number of hydrogen-bond donors (Lipinski definition) is 1. The van der Waals surface area contributed by atoms with Gasteiger partial charge < -0.3 is 19.7 Å². The number of para-hydroxylation sites is 1. The fourth-order valence-electron chi connectivity index (χ4n) is 5.05. The first kappa shape index (κ1) is 28.2. The van der Waals surface area contributed by atoms with Crippen molar-refractivity contribution in [1.29, 1.82) is 0 Å². The van der Waals surface area contributed by atoms with Crippen LogP contribution in [-0.4, -0.2) is 36.9 Å². The second kappa shape index (κ2) is 12.8. The van der Waals surface area contributed by atoms with Crippen molar-refractivity contribution in [3.05, 3.63) is 88.9 Å². The lowest BCUT2D eigenvalue weighted by molar-refractivity contribution is -0.143. The van der Waals surface area contributed by atoms with Crippen molar-refractivity contribution >= 4 is 40.6 Å². The van der Waals surface area contributed by atoms with Gasteiger partial charge in [0.05, 0.1) is 25.2 Å². The topological polar surface area (TPSA) is 84.9 Å². The summed E-state index contributed by atoms with van der Waals surface area (Å²) < 4.78 is 10.7. The molecule has 204 valence electrons. The number of ether oxygens (including phenoxy) is 2. The van der Waals surface area contributed by atoms with Gasteiger partial charge in [-0.2, -0.15) is 0 Å². The lowest BCUT2D eigenvalue weighted by Crippen LogP contribution is -2.49. The van der Waals surface area contributed by atoms with Crippen LogP contribution >= 0.6 is 11.6 Å². The van der Waals surface area contributed by atoms with Crippen molar-refractivity contribution in [3.63, 3.8) is 0 Å². The molecule has 0 radical (unpaired) electrons. The minimum atomic E-state index is -0.559. The van der Waals surface area contributed by atoms with Gasteiger partial charge in [-0.15, -0.1) is 0 Å². The number of carbonyl (C=O) groups is 3. The summed E-state index contributed by atoms with van der Waals surface area (Å²) in [5, 5.41) is 4.03. The third kappa shape index (κ3) is 6.60. The first-order chi connectivity index (χ1) is 18.8. The van der Waals surface area contributed by atoms with Gasteiger partial charge in [0.25, 0.3) is 0 Å². The summed E-state index contributed by atoms with van der Waals surface area (Å²) in [6.45, 7) is 5.98. The number of nitrogens with one attached hydrogen (secondary N) is 1.